The van der Waals surface area contributed by atoms with Crippen molar-refractivity contribution in [2.24, 2.45) is 5.73 Å². The summed E-state index contributed by atoms with van der Waals surface area (Å²) in [5.41, 5.74) is 1.00. The van der Waals surface area contributed by atoms with Gasteiger partial charge in [0.1, 0.15) is 19.0 Å². The number of nitrogens with zero attached hydrogens (tertiary/aromatic N) is 1. The summed E-state index contributed by atoms with van der Waals surface area (Å²) >= 11 is 5.86. The number of halogens is 5. The van der Waals surface area contributed by atoms with Crippen molar-refractivity contribution in [1.29, 1.82) is 0 Å². The van der Waals surface area contributed by atoms with Crippen molar-refractivity contribution in [3.05, 3.63) is 76.2 Å². The second-order valence-corrected chi connectivity index (χ2v) is 9.78. The minimum absolute atomic E-state index is 0.00483. The number of carbonyl (C=O) groups excluding carboxylic acids is 1. The van der Waals surface area contributed by atoms with Gasteiger partial charge in [-0.3, -0.25) is 4.79 Å². The molecule has 0 radical (unpaired) electrons. The normalized spacial score (nSPS) is 14.5. The van der Waals surface area contributed by atoms with Crippen molar-refractivity contribution in [3.8, 4) is 22.8 Å². The minimum atomic E-state index is -5.25. The molecule has 2 aromatic carbocycles. The summed E-state index contributed by atoms with van der Waals surface area (Å²) < 4.78 is 67.6. The number of alkyl halides is 3. The average Bonchev–Trinajstić information content (AvgIpc) is 2.92. The Balaban J connectivity index is 0.00000216. The molecular formula is C28H30ClF4N3O4. The van der Waals surface area contributed by atoms with Crippen LogP contribution in [-0.2, 0) is 11.1 Å². The van der Waals surface area contributed by atoms with Crippen molar-refractivity contribution < 1.29 is 36.9 Å². The Kier molecular flexibility index (Phi) is 9.33. The molecule has 0 aliphatic carbocycles. The van der Waals surface area contributed by atoms with E-state index in [1.54, 1.807) is 13.8 Å². The first-order valence-corrected chi connectivity index (χ1v) is 12.8. The van der Waals surface area contributed by atoms with Crippen molar-refractivity contribution >= 4 is 17.5 Å². The largest absolute Gasteiger partial charge is 0.486 e. The SMILES string of the molecule is CC.CC(C)(N)c1cc(-c2ccc(F)c(Cl)c2)nc(C(O)(CNC(=O)c2ccc3c(c2)OCCO3)C(F)(F)F)c1. The van der Waals surface area contributed by atoms with E-state index < -0.39 is 41.3 Å². The van der Waals surface area contributed by atoms with Crippen LogP contribution >= 0.6 is 11.6 Å². The van der Waals surface area contributed by atoms with E-state index in [4.69, 9.17) is 26.8 Å². The second-order valence-electron chi connectivity index (χ2n) is 9.38. The summed E-state index contributed by atoms with van der Waals surface area (Å²) in [5.74, 6) is -0.930. The lowest BCUT2D eigenvalue weighted by Crippen LogP contribution is -2.51. The molecular weight excluding hydrogens is 554 g/mol. The van der Waals surface area contributed by atoms with Crippen LogP contribution in [0.1, 0.15) is 49.3 Å². The maximum Gasteiger partial charge on any atom is 0.424 e. The first kappa shape index (κ1) is 31.1. The van der Waals surface area contributed by atoms with Gasteiger partial charge in [-0.05, 0) is 67.9 Å². The topological polar surface area (TPSA) is 107 Å². The first-order chi connectivity index (χ1) is 18.7. The van der Waals surface area contributed by atoms with E-state index in [-0.39, 0.29) is 39.8 Å². The van der Waals surface area contributed by atoms with Gasteiger partial charge < -0.3 is 25.6 Å². The summed E-state index contributed by atoms with van der Waals surface area (Å²) in [5, 5.41) is 12.9. The predicted octanol–water partition coefficient (Wildman–Crippen LogP) is 5.71. The molecule has 4 N–H and O–H groups in total. The number of rotatable bonds is 6. The zero-order valence-corrected chi connectivity index (χ0v) is 23.1. The number of carbonyl (C=O) groups is 1. The molecule has 1 aliphatic heterocycles. The third kappa shape index (κ3) is 6.65. The molecule has 1 aromatic heterocycles. The maximum atomic E-state index is 14.4. The van der Waals surface area contributed by atoms with Crippen LogP contribution in [0.4, 0.5) is 17.6 Å². The van der Waals surface area contributed by atoms with Gasteiger partial charge in [0, 0.05) is 16.7 Å². The fraction of sp³-hybridized carbons (Fsp3) is 0.357. The van der Waals surface area contributed by atoms with Crippen LogP contribution in [-0.4, -0.2) is 41.9 Å². The van der Waals surface area contributed by atoms with Gasteiger partial charge in [0.15, 0.2) is 11.5 Å². The standard InChI is InChI=1S/C26H24ClF4N3O4.C2H6/c1-24(2,32)16-11-19(14-3-5-18(28)17(27)9-14)34-22(12-16)25(36,26(29,30)31)13-33-23(35)15-4-6-20-21(10-15)38-8-7-37-20;1-2/h3-6,9-12,36H,7-8,13,32H2,1-2H3,(H,33,35);1-2H3. The van der Waals surface area contributed by atoms with Gasteiger partial charge in [-0.2, -0.15) is 13.2 Å². The minimum Gasteiger partial charge on any atom is -0.486 e. The molecule has 40 heavy (non-hydrogen) atoms. The molecule has 1 aliphatic rings. The zero-order chi connectivity index (χ0) is 29.9. The van der Waals surface area contributed by atoms with Crippen LogP contribution in [0.5, 0.6) is 11.5 Å². The number of benzene rings is 2. The van der Waals surface area contributed by atoms with E-state index in [1.165, 1.54) is 36.4 Å². The Morgan fingerprint density at radius 3 is 2.30 bits per heavy atom. The van der Waals surface area contributed by atoms with Crippen molar-refractivity contribution in [1.82, 2.24) is 10.3 Å². The van der Waals surface area contributed by atoms with Gasteiger partial charge in [-0.25, -0.2) is 9.37 Å². The summed E-state index contributed by atoms with van der Waals surface area (Å²) in [6.45, 7) is 6.45. The number of hydrogen-bond donors (Lipinski definition) is 3. The monoisotopic (exact) mass is 583 g/mol. The molecule has 12 heteroatoms. The van der Waals surface area contributed by atoms with Gasteiger partial charge in [0.2, 0.25) is 5.60 Å². The Morgan fingerprint density at radius 1 is 1.05 bits per heavy atom. The Morgan fingerprint density at radius 2 is 1.70 bits per heavy atom. The van der Waals surface area contributed by atoms with Crippen LogP contribution in [0.3, 0.4) is 0 Å². The van der Waals surface area contributed by atoms with E-state index in [2.05, 4.69) is 10.3 Å². The van der Waals surface area contributed by atoms with Crippen molar-refractivity contribution in [3.63, 3.8) is 0 Å². The highest BCUT2D eigenvalue weighted by Crippen LogP contribution is 2.40. The van der Waals surface area contributed by atoms with Crippen LogP contribution in [0.2, 0.25) is 5.02 Å². The number of ether oxygens (including phenoxy) is 2. The van der Waals surface area contributed by atoms with E-state index in [1.807, 2.05) is 13.8 Å². The lowest BCUT2D eigenvalue weighted by molar-refractivity contribution is -0.265. The second kappa shape index (κ2) is 12.0. The molecule has 1 unspecified atom stereocenters. The third-order valence-corrected chi connectivity index (χ3v) is 6.28. The summed E-state index contributed by atoms with van der Waals surface area (Å²) in [4.78, 5) is 16.8. The first-order valence-electron chi connectivity index (χ1n) is 12.4. The number of fused-ring (bicyclic) bond motifs is 1. The lowest BCUT2D eigenvalue weighted by atomic mass is 9.89. The quantitative estimate of drug-likeness (QED) is 0.321. The van der Waals surface area contributed by atoms with Crippen LogP contribution in [0, 0.1) is 5.82 Å². The summed E-state index contributed by atoms with van der Waals surface area (Å²) in [6.07, 6.45) is -5.25. The van der Waals surface area contributed by atoms with Gasteiger partial charge in [0.25, 0.3) is 5.91 Å². The summed E-state index contributed by atoms with van der Waals surface area (Å²) in [7, 11) is 0. The number of nitrogens with two attached hydrogens (primary N) is 1. The molecule has 0 saturated carbocycles. The molecule has 216 valence electrons. The highest BCUT2D eigenvalue weighted by molar-refractivity contribution is 6.31. The van der Waals surface area contributed by atoms with E-state index >= 15 is 0 Å². The molecule has 7 nitrogen and oxygen atoms in total. The Labute approximate surface area is 234 Å². The van der Waals surface area contributed by atoms with Crippen LogP contribution < -0.4 is 20.5 Å². The molecule has 0 spiro atoms. The molecule has 1 amide bonds. The number of aliphatic hydroxyl groups is 1. The van der Waals surface area contributed by atoms with E-state index in [0.717, 1.165) is 12.1 Å². The van der Waals surface area contributed by atoms with Crippen LogP contribution in [0.25, 0.3) is 11.3 Å². The molecule has 3 aromatic rings. The smallest absolute Gasteiger partial charge is 0.424 e. The van der Waals surface area contributed by atoms with Gasteiger partial charge in [0.05, 0.1) is 23.0 Å². The Bertz CT molecular complexity index is 1380. The fourth-order valence-corrected chi connectivity index (χ4v) is 3.93. The van der Waals surface area contributed by atoms with Gasteiger partial charge in [-0.1, -0.05) is 25.4 Å². The lowest BCUT2D eigenvalue weighted by Gasteiger charge is -2.32. The number of hydrogen-bond acceptors (Lipinski definition) is 6. The number of amides is 1. The molecule has 4 rings (SSSR count). The maximum absolute atomic E-state index is 14.4. The Hall–Kier alpha value is -3.41. The van der Waals surface area contributed by atoms with Crippen molar-refractivity contribution in [2.45, 2.75) is 45.0 Å². The molecule has 1 atom stereocenters. The number of pyridine rings is 1. The van der Waals surface area contributed by atoms with Gasteiger partial charge >= 0.3 is 6.18 Å². The molecule has 0 bridgehead atoms. The highest BCUT2D eigenvalue weighted by atomic mass is 35.5. The molecule has 2 heterocycles. The fourth-order valence-electron chi connectivity index (χ4n) is 3.75. The van der Waals surface area contributed by atoms with E-state index in [0.29, 0.717) is 12.4 Å². The van der Waals surface area contributed by atoms with Crippen molar-refractivity contribution in [2.75, 3.05) is 19.8 Å². The highest BCUT2D eigenvalue weighted by Gasteiger charge is 2.56. The number of nitrogens with one attached hydrogen (secondary N) is 1. The van der Waals surface area contributed by atoms with Gasteiger partial charge in [-0.15, -0.1) is 0 Å². The van der Waals surface area contributed by atoms with E-state index in [9.17, 15) is 27.5 Å². The molecule has 0 saturated heterocycles. The predicted molar refractivity (Wildman–Crippen MR) is 143 cm³/mol. The average molecular weight is 584 g/mol. The zero-order valence-electron chi connectivity index (χ0n) is 22.3. The van der Waals surface area contributed by atoms with Crippen LogP contribution in [0.15, 0.2) is 48.5 Å². The number of aromatic nitrogens is 1. The summed E-state index contributed by atoms with van der Waals surface area (Å²) in [6, 6.07) is 10.2. The third-order valence-electron chi connectivity index (χ3n) is 5.99. The molecule has 0 fully saturated rings.